The number of esters is 1. The predicted molar refractivity (Wildman–Crippen MR) is 152 cm³/mol. The number of rotatable bonds is 5. The summed E-state index contributed by atoms with van der Waals surface area (Å²) in [5.41, 5.74) is 3.62. The lowest BCUT2D eigenvalue weighted by molar-refractivity contribution is -0.174. The van der Waals surface area contributed by atoms with Crippen molar-refractivity contribution in [2.45, 2.75) is 31.0 Å². The first-order valence-corrected chi connectivity index (χ1v) is 13.9. The Hall–Kier alpha value is -5.34. The third-order valence-corrected chi connectivity index (χ3v) is 8.85. The third-order valence-electron chi connectivity index (χ3n) is 8.85. The molecule has 0 aliphatic heterocycles. The van der Waals surface area contributed by atoms with Crippen molar-refractivity contribution >= 4 is 40.8 Å². The lowest BCUT2D eigenvalue weighted by Crippen LogP contribution is -2.66. The molecule has 3 aliphatic rings. The summed E-state index contributed by atoms with van der Waals surface area (Å²) in [6.07, 6.45) is -0.456. The lowest BCUT2D eigenvalue weighted by atomic mass is 9.56. The molecular weight excluding hydrogens is 590 g/mol. The number of ether oxygens (including phenoxy) is 1. The van der Waals surface area contributed by atoms with Crippen LogP contribution >= 0.6 is 0 Å². The number of carbonyl (C=O) groups excluding carboxylic acids is 5. The van der Waals surface area contributed by atoms with Gasteiger partial charge in [0.1, 0.15) is 17.4 Å². The minimum absolute atomic E-state index is 0.0227. The number of primary amides is 1. The topological polar surface area (TPSA) is 240 Å². The first-order chi connectivity index (χ1) is 21.4. The molecule has 0 saturated heterocycles. The number of amides is 2. The van der Waals surface area contributed by atoms with E-state index in [2.05, 4.69) is 10.5 Å². The second-order valence-electron chi connectivity index (χ2n) is 11.3. The number of aromatic nitrogens is 1. The number of aliphatic hydroxyl groups excluding tert-OH is 2. The minimum Gasteiger partial charge on any atom is -0.507 e. The van der Waals surface area contributed by atoms with Gasteiger partial charge in [-0.25, -0.2) is 4.79 Å². The monoisotopic (exact) mass is 617 g/mol. The van der Waals surface area contributed by atoms with Gasteiger partial charge in [-0.2, -0.15) is 0 Å². The number of Topliss-reactive ketones (excluding diaryl/α,β-unsaturated/α-hetero) is 2. The summed E-state index contributed by atoms with van der Waals surface area (Å²) in [6, 6.07) is 8.58. The Morgan fingerprint density at radius 1 is 1.11 bits per heavy atom. The number of methoxy groups -OCH3 is 1. The summed E-state index contributed by atoms with van der Waals surface area (Å²) >= 11 is 0. The van der Waals surface area contributed by atoms with E-state index in [1.807, 2.05) is 0 Å². The van der Waals surface area contributed by atoms with Crippen LogP contribution in [0, 0.1) is 17.8 Å². The standard InChI is InChI=1S/C31H27N3O11/c1-44-30(42)14-6-12(8-16(9-14)34-29(41)21-4-5-33-45-21)17-2-3-19(35)23-18(17)10-13-7-15-11-20(36)24(28(32)40)27(39)31(15,43)26(38)22(13)25(23)37/h2-6,8-9,13,15,20,24,35-37,43H,7,10-11H2,1H3,(H2,32,40)(H,34,41)/t13-,15+,20?,24?,31+/m1/s1. The predicted octanol–water partition coefficient (Wildman–Crippen LogP) is 1.28. The molecule has 14 heteroatoms. The van der Waals surface area contributed by atoms with Crippen LogP contribution in [0.2, 0.25) is 0 Å². The number of phenols is 1. The molecule has 45 heavy (non-hydrogen) atoms. The zero-order valence-corrected chi connectivity index (χ0v) is 23.6. The van der Waals surface area contributed by atoms with Gasteiger partial charge in [-0.1, -0.05) is 11.2 Å². The Bertz CT molecular complexity index is 1830. The Kier molecular flexibility index (Phi) is 7.05. The maximum atomic E-state index is 13.8. The van der Waals surface area contributed by atoms with E-state index in [1.54, 1.807) is 6.07 Å². The molecule has 2 aromatic carbocycles. The van der Waals surface area contributed by atoms with E-state index < -0.39 is 70.3 Å². The number of nitrogens with one attached hydrogen (secondary N) is 1. The largest absolute Gasteiger partial charge is 0.507 e. The van der Waals surface area contributed by atoms with Crippen molar-refractivity contribution in [1.29, 1.82) is 0 Å². The highest BCUT2D eigenvalue weighted by Gasteiger charge is 2.64. The zero-order valence-electron chi connectivity index (χ0n) is 23.6. The van der Waals surface area contributed by atoms with Crippen LogP contribution in [-0.2, 0) is 25.5 Å². The Labute approximate surface area is 254 Å². The summed E-state index contributed by atoms with van der Waals surface area (Å²) in [5, 5.41) is 50.4. The van der Waals surface area contributed by atoms with E-state index in [9.17, 15) is 44.4 Å². The van der Waals surface area contributed by atoms with Crippen molar-refractivity contribution in [3.8, 4) is 16.9 Å². The van der Waals surface area contributed by atoms with Gasteiger partial charge in [0, 0.05) is 23.2 Å². The molecule has 3 aromatic rings. The van der Waals surface area contributed by atoms with Gasteiger partial charge >= 0.3 is 5.97 Å². The van der Waals surface area contributed by atoms with E-state index in [0.717, 1.165) is 0 Å². The highest BCUT2D eigenvalue weighted by molar-refractivity contribution is 6.24. The van der Waals surface area contributed by atoms with E-state index >= 15 is 0 Å². The van der Waals surface area contributed by atoms with Gasteiger partial charge in [0.15, 0.2) is 11.4 Å². The number of ketones is 2. The molecule has 6 rings (SSSR count). The number of aliphatic hydroxyl groups is 3. The fourth-order valence-electron chi connectivity index (χ4n) is 6.81. The normalized spacial score (nSPS) is 25.6. The summed E-state index contributed by atoms with van der Waals surface area (Å²) in [5.74, 6) is -9.66. The van der Waals surface area contributed by atoms with E-state index in [4.69, 9.17) is 15.0 Å². The minimum atomic E-state index is -2.70. The average Bonchev–Trinajstić information content (AvgIpc) is 3.54. The number of carbonyl (C=O) groups is 5. The molecule has 5 atom stereocenters. The number of aromatic hydroxyl groups is 1. The Morgan fingerprint density at radius 2 is 1.87 bits per heavy atom. The first-order valence-electron chi connectivity index (χ1n) is 13.9. The molecule has 1 heterocycles. The molecule has 14 nitrogen and oxygen atoms in total. The number of hydrogen-bond donors (Lipinski definition) is 6. The molecule has 7 N–H and O–H groups in total. The summed E-state index contributed by atoms with van der Waals surface area (Å²) in [6.45, 7) is 0. The Balaban J connectivity index is 1.47. The molecule has 3 aliphatic carbocycles. The molecule has 2 saturated carbocycles. The second-order valence-corrected chi connectivity index (χ2v) is 11.3. The summed E-state index contributed by atoms with van der Waals surface area (Å²) in [7, 11) is 1.19. The SMILES string of the molecule is COC(=O)c1cc(NC(=O)c2ccno2)cc(-c2ccc(O)c3c2C[C@H]2C[C@H]4CC(O)C(C(N)=O)C(=O)[C@@]4(O)C(=O)C2=C3O)c1. The highest BCUT2D eigenvalue weighted by Crippen LogP contribution is 2.52. The fraction of sp³-hybridized carbons (Fsp3) is 0.290. The number of fused-ring (bicyclic) bond motifs is 3. The number of anilines is 1. The fourth-order valence-corrected chi connectivity index (χ4v) is 6.81. The van der Waals surface area contributed by atoms with Crippen LogP contribution in [0.4, 0.5) is 5.69 Å². The summed E-state index contributed by atoms with van der Waals surface area (Å²) < 4.78 is 9.78. The number of hydrogen-bond acceptors (Lipinski definition) is 12. The van der Waals surface area contributed by atoms with Gasteiger partial charge in [0.25, 0.3) is 5.91 Å². The van der Waals surface area contributed by atoms with Crippen LogP contribution in [0.5, 0.6) is 5.75 Å². The van der Waals surface area contributed by atoms with Crippen molar-refractivity contribution in [2.75, 3.05) is 12.4 Å². The van der Waals surface area contributed by atoms with Gasteiger partial charge < -0.3 is 40.7 Å². The van der Waals surface area contributed by atoms with Crippen LogP contribution in [-0.4, -0.2) is 73.7 Å². The maximum absolute atomic E-state index is 13.8. The molecule has 1 aromatic heterocycles. The van der Waals surface area contributed by atoms with Crippen molar-refractivity contribution in [1.82, 2.24) is 5.16 Å². The van der Waals surface area contributed by atoms with Crippen LogP contribution in [0.3, 0.4) is 0 Å². The van der Waals surface area contributed by atoms with Gasteiger partial charge in [0.2, 0.25) is 17.5 Å². The van der Waals surface area contributed by atoms with Crippen LogP contribution in [0.15, 0.2) is 52.7 Å². The second kappa shape index (κ2) is 10.7. The van der Waals surface area contributed by atoms with E-state index in [-0.39, 0.29) is 47.4 Å². The van der Waals surface area contributed by atoms with Gasteiger partial charge in [-0.05, 0) is 66.1 Å². The van der Waals surface area contributed by atoms with Crippen LogP contribution < -0.4 is 11.1 Å². The number of nitrogens with two attached hydrogens (primary N) is 1. The smallest absolute Gasteiger partial charge is 0.337 e. The van der Waals surface area contributed by atoms with Crippen molar-refractivity contribution < 1.29 is 53.7 Å². The van der Waals surface area contributed by atoms with Gasteiger partial charge in [-0.3, -0.25) is 19.2 Å². The number of benzene rings is 2. The van der Waals surface area contributed by atoms with Crippen molar-refractivity contribution in [2.24, 2.45) is 23.5 Å². The zero-order chi connectivity index (χ0) is 32.4. The first kappa shape index (κ1) is 29.7. The maximum Gasteiger partial charge on any atom is 0.337 e. The summed E-state index contributed by atoms with van der Waals surface area (Å²) in [4.78, 5) is 64.2. The molecule has 0 spiro atoms. The number of nitrogens with zero attached hydrogens (tertiary/aromatic N) is 1. The van der Waals surface area contributed by atoms with Gasteiger partial charge in [0.05, 0.1) is 30.5 Å². The van der Waals surface area contributed by atoms with E-state index in [1.165, 1.54) is 43.6 Å². The molecule has 0 radical (unpaired) electrons. The average molecular weight is 618 g/mol. The lowest BCUT2D eigenvalue weighted by Gasteiger charge is -2.48. The number of phenolic OH excluding ortho intramolecular Hbond substituents is 1. The van der Waals surface area contributed by atoms with Gasteiger partial charge in [-0.15, -0.1) is 0 Å². The Morgan fingerprint density at radius 3 is 2.53 bits per heavy atom. The quantitative estimate of drug-likeness (QED) is 0.175. The third kappa shape index (κ3) is 4.57. The molecule has 2 unspecified atom stereocenters. The molecule has 2 amide bonds. The van der Waals surface area contributed by atoms with E-state index in [0.29, 0.717) is 16.7 Å². The molecule has 2 fully saturated rings. The molecular formula is C31H27N3O11. The van der Waals surface area contributed by atoms with Crippen molar-refractivity contribution in [3.63, 3.8) is 0 Å². The highest BCUT2D eigenvalue weighted by atomic mass is 16.5. The van der Waals surface area contributed by atoms with Crippen molar-refractivity contribution in [3.05, 3.63) is 70.6 Å². The van der Waals surface area contributed by atoms with Crippen LogP contribution in [0.25, 0.3) is 16.9 Å². The molecule has 0 bridgehead atoms. The van der Waals surface area contributed by atoms with Crippen LogP contribution in [0.1, 0.15) is 44.9 Å². The molecule has 232 valence electrons.